The number of anilines is 1. The normalized spacial score (nSPS) is 17.5. The zero-order valence-electron chi connectivity index (χ0n) is 7.11. The van der Waals surface area contributed by atoms with Gasteiger partial charge in [-0.15, -0.1) is 10.2 Å². The number of hydrogen-bond acceptors (Lipinski definition) is 4. The van der Waals surface area contributed by atoms with E-state index in [4.69, 9.17) is 4.74 Å². The quantitative estimate of drug-likeness (QED) is 0.721. The summed E-state index contributed by atoms with van der Waals surface area (Å²) in [5.41, 5.74) is 0. The van der Waals surface area contributed by atoms with Gasteiger partial charge in [0, 0.05) is 13.1 Å². The van der Waals surface area contributed by atoms with Crippen molar-refractivity contribution in [2.24, 2.45) is 0 Å². The van der Waals surface area contributed by atoms with Gasteiger partial charge in [0.25, 0.3) is 0 Å². The van der Waals surface area contributed by atoms with Crippen molar-refractivity contribution < 1.29 is 4.74 Å². The Morgan fingerprint density at radius 2 is 2.00 bits per heavy atom. The van der Waals surface area contributed by atoms with Gasteiger partial charge in [-0.3, -0.25) is 0 Å². The fourth-order valence-corrected chi connectivity index (χ4v) is 1.56. The van der Waals surface area contributed by atoms with Crippen LogP contribution >= 0.6 is 22.6 Å². The Hall–Kier alpha value is -0.430. The molecule has 4 nitrogen and oxygen atoms in total. The maximum absolute atomic E-state index is 5.25. The summed E-state index contributed by atoms with van der Waals surface area (Å²) in [6.07, 6.45) is 0. The summed E-state index contributed by atoms with van der Waals surface area (Å²) in [5, 5.41) is 8.12. The van der Waals surface area contributed by atoms with E-state index in [0.717, 1.165) is 35.8 Å². The van der Waals surface area contributed by atoms with E-state index in [1.807, 2.05) is 12.1 Å². The highest BCUT2D eigenvalue weighted by molar-refractivity contribution is 14.1. The molecule has 0 bridgehead atoms. The topological polar surface area (TPSA) is 38.2 Å². The van der Waals surface area contributed by atoms with Crippen LogP contribution in [0, 0.1) is 3.70 Å². The molecule has 1 aromatic heterocycles. The molecule has 0 spiro atoms. The van der Waals surface area contributed by atoms with E-state index in [0.29, 0.717) is 0 Å². The first kappa shape index (κ1) is 9.14. The smallest absolute Gasteiger partial charge is 0.151 e. The molecule has 2 heterocycles. The van der Waals surface area contributed by atoms with Crippen LogP contribution < -0.4 is 4.90 Å². The van der Waals surface area contributed by atoms with E-state index in [9.17, 15) is 0 Å². The van der Waals surface area contributed by atoms with E-state index in [2.05, 4.69) is 37.7 Å². The van der Waals surface area contributed by atoms with Crippen molar-refractivity contribution in [1.29, 1.82) is 0 Å². The van der Waals surface area contributed by atoms with Gasteiger partial charge in [-0.25, -0.2) is 0 Å². The third kappa shape index (κ3) is 2.28. The number of ether oxygens (including phenoxy) is 1. The van der Waals surface area contributed by atoms with Gasteiger partial charge in [0.15, 0.2) is 5.82 Å². The molecule has 0 saturated carbocycles. The molecule has 1 aromatic rings. The SMILES string of the molecule is Ic1ccc(N2CCOCC2)nn1. The Morgan fingerprint density at radius 3 is 2.62 bits per heavy atom. The summed E-state index contributed by atoms with van der Waals surface area (Å²) in [4.78, 5) is 2.19. The summed E-state index contributed by atoms with van der Waals surface area (Å²) >= 11 is 2.15. The molecule has 0 aliphatic carbocycles. The van der Waals surface area contributed by atoms with Crippen LogP contribution in [0.5, 0.6) is 0 Å². The second-order valence-corrected chi connectivity index (χ2v) is 3.92. The first-order valence-corrected chi connectivity index (χ1v) is 5.26. The standard InChI is InChI=1S/C8H10IN3O/c9-7-1-2-8(11-10-7)12-3-5-13-6-4-12/h1-2H,3-6H2. The van der Waals surface area contributed by atoms with Crippen LogP contribution in [-0.2, 0) is 4.74 Å². The van der Waals surface area contributed by atoms with Gasteiger partial charge < -0.3 is 9.64 Å². The molecule has 0 N–H and O–H groups in total. The number of halogens is 1. The first-order chi connectivity index (χ1) is 6.36. The molecule has 1 aliphatic rings. The average Bonchev–Trinajstić information content (AvgIpc) is 2.20. The number of hydrogen-bond donors (Lipinski definition) is 0. The van der Waals surface area contributed by atoms with Gasteiger partial charge in [-0.1, -0.05) is 0 Å². The predicted molar refractivity (Wildman–Crippen MR) is 57.8 cm³/mol. The second kappa shape index (κ2) is 4.19. The van der Waals surface area contributed by atoms with Crippen molar-refractivity contribution in [2.45, 2.75) is 0 Å². The lowest BCUT2D eigenvalue weighted by molar-refractivity contribution is 0.122. The Labute approximate surface area is 90.4 Å². The third-order valence-electron chi connectivity index (χ3n) is 1.95. The first-order valence-electron chi connectivity index (χ1n) is 4.18. The highest BCUT2D eigenvalue weighted by Crippen LogP contribution is 2.11. The molecule has 1 saturated heterocycles. The minimum absolute atomic E-state index is 0.785. The summed E-state index contributed by atoms with van der Waals surface area (Å²) in [6, 6.07) is 3.97. The van der Waals surface area contributed by atoms with Crippen LogP contribution in [0.15, 0.2) is 12.1 Å². The molecular formula is C8H10IN3O. The summed E-state index contributed by atoms with van der Waals surface area (Å²) in [6.45, 7) is 3.39. The van der Waals surface area contributed by atoms with Crippen molar-refractivity contribution in [3.63, 3.8) is 0 Å². The minimum atomic E-state index is 0.785. The number of morpholine rings is 1. The molecule has 0 aromatic carbocycles. The highest BCUT2D eigenvalue weighted by Gasteiger charge is 2.11. The molecule has 70 valence electrons. The Morgan fingerprint density at radius 1 is 1.23 bits per heavy atom. The van der Waals surface area contributed by atoms with Crippen LogP contribution in [0.4, 0.5) is 5.82 Å². The maximum Gasteiger partial charge on any atom is 0.151 e. The summed E-state index contributed by atoms with van der Waals surface area (Å²) in [5.74, 6) is 0.948. The van der Waals surface area contributed by atoms with E-state index in [1.165, 1.54) is 0 Å². The monoisotopic (exact) mass is 291 g/mol. The lowest BCUT2D eigenvalue weighted by Gasteiger charge is -2.27. The van der Waals surface area contributed by atoms with E-state index < -0.39 is 0 Å². The van der Waals surface area contributed by atoms with Gasteiger partial charge in [-0.2, -0.15) is 0 Å². The molecule has 13 heavy (non-hydrogen) atoms. The van der Waals surface area contributed by atoms with E-state index >= 15 is 0 Å². The van der Waals surface area contributed by atoms with Crippen molar-refractivity contribution in [1.82, 2.24) is 10.2 Å². The molecule has 5 heteroatoms. The fraction of sp³-hybridized carbons (Fsp3) is 0.500. The molecule has 1 aliphatic heterocycles. The zero-order chi connectivity index (χ0) is 9.10. The van der Waals surface area contributed by atoms with Gasteiger partial charge in [-0.05, 0) is 34.7 Å². The molecule has 0 radical (unpaired) electrons. The van der Waals surface area contributed by atoms with Crippen LogP contribution in [-0.4, -0.2) is 36.5 Å². The van der Waals surface area contributed by atoms with E-state index in [-0.39, 0.29) is 0 Å². The van der Waals surface area contributed by atoms with Crippen LogP contribution in [0.25, 0.3) is 0 Å². The van der Waals surface area contributed by atoms with Gasteiger partial charge in [0.2, 0.25) is 0 Å². The Balaban J connectivity index is 2.10. The van der Waals surface area contributed by atoms with Gasteiger partial charge in [0.05, 0.1) is 13.2 Å². The van der Waals surface area contributed by atoms with Crippen LogP contribution in [0.3, 0.4) is 0 Å². The van der Waals surface area contributed by atoms with Crippen LogP contribution in [0.2, 0.25) is 0 Å². The van der Waals surface area contributed by atoms with Crippen LogP contribution in [0.1, 0.15) is 0 Å². The molecule has 1 fully saturated rings. The molecule has 0 amide bonds. The predicted octanol–water partition coefficient (Wildman–Crippen LogP) is 0.918. The molecule has 0 unspecified atom stereocenters. The lowest BCUT2D eigenvalue weighted by Crippen LogP contribution is -2.36. The number of rotatable bonds is 1. The Kier molecular flexibility index (Phi) is 2.94. The van der Waals surface area contributed by atoms with E-state index in [1.54, 1.807) is 0 Å². The third-order valence-corrected chi connectivity index (χ3v) is 2.53. The second-order valence-electron chi connectivity index (χ2n) is 2.81. The Bertz CT molecular complexity index is 271. The molecular weight excluding hydrogens is 281 g/mol. The van der Waals surface area contributed by atoms with Crippen molar-refractivity contribution in [2.75, 3.05) is 31.2 Å². The zero-order valence-corrected chi connectivity index (χ0v) is 9.27. The maximum atomic E-state index is 5.25. The summed E-state index contributed by atoms with van der Waals surface area (Å²) < 4.78 is 6.18. The number of nitrogens with zero attached hydrogens (tertiary/aromatic N) is 3. The van der Waals surface area contributed by atoms with Crippen molar-refractivity contribution in [3.8, 4) is 0 Å². The minimum Gasteiger partial charge on any atom is -0.378 e. The fourth-order valence-electron chi connectivity index (χ4n) is 1.27. The van der Waals surface area contributed by atoms with Crippen molar-refractivity contribution in [3.05, 3.63) is 15.8 Å². The largest absolute Gasteiger partial charge is 0.378 e. The lowest BCUT2D eigenvalue weighted by atomic mass is 10.4. The number of aromatic nitrogens is 2. The molecule has 0 atom stereocenters. The highest BCUT2D eigenvalue weighted by atomic mass is 127. The average molecular weight is 291 g/mol. The summed E-state index contributed by atoms with van der Waals surface area (Å²) in [7, 11) is 0. The van der Waals surface area contributed by atoms with Gasteiger partial charge in [0.1, 0.15) is 3.70 Å². The van der Waals surface area contributed by atoms with Crippen molar-refractivity contribution >= 4 is 28.4 Å². The molecule has 2 rings (SSSR count). The van der Waals surface area contributed by atoms with Gasteiger partial charge >= 0.3 is 0 Å².